The lowest BCUT2D eigenvalue weighted by molar-refractivity contribution is -0.0999. The summed E-state index contributed by atoms with van der Waals surface area (Å²) >= 11 is 0. The average molecular weight is 217 g/mol. The summed E-state index contributed by atoms with van der Waals surface area (Å²) in [4.78, 5) is 0. The molecule has 0 spiro atoms. The summed E-state index contributed by atoms with van der Waals surface area (Å²) in [6.45, 7) is 5.84. The van der Waals surface area contributed by atoms with Crippen molar-refractivity contribution >= 4 is 5.69 Å². The van der Waals surface area contributed by atoms with Gasteiger partial charge in [-0.25, -0.2) is 0 Å². The van der Waals surface area contributed by atoms with Gasteiger partial charge in [0.25, 0.3) is 0 Å². The zero-order valence-corrected chi connectivity index (χ0v) is 8.94. The molecule has 1 rings (SSSR count). The maximum absolute atomic E-state index is 12.0. The molecule has 84 valence electrons. The monoisotopic (exact) mass is 217 g/mol. The molecule has 0 aliphatic carbocycles. The van der Waals surface area contributed by atoms with Crippen LogP contribution < -0.4 is 5.32 Å². The average Bonchev–Trinajstić information content (AvgIpc) is 1.99. The fourth-order valence-electron chi connectivity index (χ4n) is 1.56. The van der Waals surface area contributed by atoms with Crippen molar-refractivity contribution < 1.29 is 13.2 Å². The molecule has 0 saturated heterocycles. The second-order valence-corrected chi connectivity index (χ2v) is 3.85. The molecule has 0 aliphatic rings. The highest BCUT2D eigenvalue weighted by molar-refractivity contribution is 5.49. The van der Waals surface area contributed by atoms with Gasteiger partial charge in [0.2, 0.25) is 0 Å². The minimum Gasteiger partial charge on any atom is -0.298 e. The molecule has 0 atom stereocenters. The number of nitrogens with one attached hydrogen (secondary N) is 1. The van der Waals surface area contributed by atoms with E-state index in [4.69, 9.17) is 0 Å². The predicted octanol–water partition coefficient (Wildman–Crippen LogP) is 4.05. The van der Waals surface area contributed by atoms with Gasteiger partial charge in [0, 0.05) is 5.69 Å². The molecule has 0 amide bonds. The topological polar surface area (TPSA) is 12.0 Å². The van der Waals surface area contributed by atoms with Crippen LogP contribution in [0.3, 0.4) is 0 Å². The number of rotatable bonds is 2. The highest BCUT2D eigenvalue weighted by atomic mass is 19.4. The summed E-state index contributed by atoms with van der Waals surface area (Å²) in [5, 5.41) is 1.49. The van der Waals surface area contributed by atoms with E-state index in [1.54, 1.807) is 6.07 Å². The van der Waals surface area contributed by atoms with Crippen LogP contribution in [0.15, 0.2) is 18.2 Å². The predicted molar refractivity (Wildman–Crippen MR) is 54.9 cm³/mol. The van der Waals surface area contributed by atoms with Gasteiger partial charge in [-0.15, -0.1) is 0 Å². The van der Waals surface area contributed by atoms with Crippen molar-refractivity contribution in [1.29, 1.82) is 0 Å². The smallest absolute Gasteiger partial charge is 0.298 e. The van der Waals surface area contributed by atoms with Crippen molar-refractivity contribution in [3.05, 3.63) is 29.3 Å². The van der Waals surface area contributed by atoms with E-state index in [-0.39, 0.29) is 5.69 Å². The van der Waals surface area contributed by atoms with Gasteiger partial charge in [-0.1, -0.05) is 19.9 Å². The molecule has 15 heavy (non-hydrogen) atoms. The van der Waals surface area contributed by atoms with E-state index in [1.807, 2.05) is 20.8 Å². The van der Waals surface area contributed by atoms with Gasteiger partial charge in [-0.3, -0.25) is 5.32 Å². The van der Waals surface area contributed by atoms with Crippen LogP contribution in [0.25, 0.3) is 0 Å². The third-order valence-electron chi connectivity index (χ3n) is 2.18. The third kappa shape index (κ3) is 3.46. The highest BCUT2D eigenvalue weighted by Gasteiger charge is 2.27. The number of anilines is 1. The van der Waals surface area contributed by atoms with Gasteiger partial charge < -0.3 is 0 Å². The van der Waals surface area contributed by atoms with Gasteiger partial charge in [-0.05, 0) is 36.1 Å². The summed E-state index contributed by atoms with van der Waals surface area (Å²) < 4.78 is 36.1. The molecule has 1 aromatic rings. The minimum absolute atomic E-state index is 0.0874. The van der Waals surface area contributed by atoms with E-state index in [1.165, 1.54) is 17.4 Å². The Bertz CT molecular complexity index is 342. The number of halogens is 3. The van der Waals surface area contributed by atoms with E-state index in [9.17, 15) is 13.2 Å². The van der Waals surface area contributed by atoms with Crippen molar-refractivity contribution in [3.63, 3.8) is 0 Å². The largest absolute Gasteiger partial charge is 0.482 e. The van der Waals surface area contributed by atoms with Gasteiger partial charge in [0.1, 0.15) is 0 Å². The lowest BCUT2D eigenvalue weighted by Gasteiger charge is -2.14. The van der Waals surface area contributed by atoms with E-state index >= 15 is 0 Å². The maximum Gasteiger partial charge on any atom is 0.482 e. The first-order valence-corrected chi connectivity index (χ1v) is 4.75. The molecule has 0 bridgehead atoms. The molecule has 0 aliphatic heterocycles. The Balaban J connectivity index is 2.92. The lowest BCUT2D eigenvalue weighted by Crippen LogP contribution is -2.20. The normalized spacial score (nSPS) is 11.9. The molecule has 0 unspecified atom stereocenters. The van der Waals surface area contributed by atoms with Crippen molar-refractivity contribution in [2.24, 2.45) is 0 Å². The standard InChI is InChI=1S/C11H14F3N/c1-7(2)10-5-4-9(6-8(10)3)15-11(12,13)14/h4-7,15H,1-3H3. The highest BCUT2D eigenvalue weighted by Crippen LogP contribution is 2.25. The number of alkyl halides is 3. The fourth-order valence-corrected chi connectivity index (χ4v) is 1.56. The quantitative estimate of drug-likeness (QED) is 0.737. The number of hydrogen-bond donors (Lipinski definition) is 1. The van der Waals surface area contributed by atoms with Gasteiger partial charge in [-0.2, -0.15) is 13.2 Å². The molecule has 1 nitrogen and oxygen atoms in total. The van der Waals surface area contributed by atoms with Crippen LogP contribution in [0.1, 0.15) is 30.9 Å². The Morgan fingerprint density at radius 2 is 1.80 bits per heavy atom. The van der Waals surface area contributed by atoms with E-state index < -0.39 is 6.30 Å². The van der Waals surface area contributed by atoms with Crippen molar-refractivity contribution in [1.82, 2.24) is 0 Å². The summed E-state index contributed by atoms with van der Waals surface area (Å²) in [5.41, 5.74) is 2.03. The molecule has 0 radical (unpaired) electrons. The van der Waals surface area contributed by atoms with Crippen LogP contribution in [-0.2, 0) is 0 Å². The number of benzene rings is 1. The summed E-state index contributed by atoms with van der Waals surface area (Å²) in [6.07, 6.45) is -4.37. The second kappa shape index (κ2) is 4.13. The molecule has 1 N–H and O–H groups in total. The van der Waals surface area contributed by atoms with E-state index in [0.29, 0.717) is 5.92 Å². The zero-order chi connectivity index (χ0) is 11.6. The van der Waals surface area contributed by atoms with Gasteiger partial charge >= 0.3 is 6.30 Å². The number of hydrogen-bond acceptors (Lipinski definition) is 1. The van der Waals surface area contributed by atoms with E-state index in [0.717, 1.165) is 11.1 Å². The van der Waals surface area contributed by atoms with Crippen molar-refractivity contribution in [3.8, 4) is 0 Å². The second-order valence-electron chi connectivity index (χ2n) is 3.85. The first kappa shape index (κ1) is 11.9. The van der Waals surface area contributed by atoms with Crippen LogP contribution in [-0.4, -0.2) is 6.30 Å². The molecular formula is C11H14F3N. The van der Waals surface area contributed by atoms with Crippen LogP contribution >= 0.6 is 0 Å². The molecule has 1 aromatic carbocycles. The SMILES string of the molecule is Cc1cc(NC(F)(F)F)ccc1C(C)C. The molecule has 0 heterocycles. The fraction of sp³-hybridized carbons (Fsp3) is 0.455. The molecular weight excluding hydrogens is 203 g/mol. The Morgan fingerprint density at radius 1 is 1.20 bits per heavy atom. The first-order chi connectivity index (χ1) is 6.79. The van der Waals surface area contributed by atoms with Crippen LogP contribution in [0.2, 0.25) is 0 Å². The lowest BCUT2D eigenvalue weighted by atomic mass is 9.98. The van der Waals surface area contributed by atoms with Gasteiger partial charge in [0.05, 0.1) is 0 Å². The number of aryl methyl sites for hydroxylation is 1. The van der Waals surface area contributed by atoms with E-state index in [2.05, 4.69) is 0 Å². The van der Waals surface area contributed by atoms with Gasteiger partial charge in [0.15, 0.2) is 0 Å². The molecule has 4 heteroatoms. The van der Waals surface area contributed by atoms with Crippen LogP contribution in [0, 0.1) is 6.92 Å². The summed E-state index contributed by atoms with van der Waals surface area (Å²) in [6, 6.07) is 4.70. The molecule has 0 fully saturated rings. The van der Waals surface area contributed by atoms with Crippen LogP contribution in [0.4, 0.5) is 18.9 Å². The molecule has 0 saturated carbocycles. The Labute approximate surface area is 87.3 Å². The Hall–Kier alpha value is -1.19. The molecule has 0 aromatic heterocycles. The van der Waals surface area contributed by atoms with Crippen LogP contribution in [0.5, 0.6) is 0 Å². The third-order valence-corrected chi connectivity index (χ3v) is 2.18. The Morgan fingerprint density at radius 3 is 2.20 bits per heavy atom. The zero-order valence-electron chi connectivity index (χ0n) is 8.94. The van der Waals surface area contributed by atoms with Crippen molar-refractivity contribution in [2.45, 2.75) is 33.0 Å². The first-order valence-electron chi connectivity index (χ1n) is 4.75. The Kier molecular flexibility index (Phi) is 3.27. The minimum atomic E-state index is -4.37. The summed E-state index contributed by atoms with van der Waals surface area (Å²) in [5.74, 6) is 0.324. The maximum atomic E-state index is 12.0. The summed E-state index contributed by atoms with van der Waals surface area (Å²) in [7, 11) is 0. The van der Waals surface area contributed by atoms with Crippen molar-refractivity contribution in [2.75, 3.05) is 5.32 Å².